The minimum atomic E-state index is -1.07. The Hall–Kier alpha value is -3.57. The number of aromatic nitrogens is 2. The Bertz CT molecular complexity index is 1480. The summed E-state index contributed by atoms with van der Waals surface area (Å²) in [4.78, 5) is 32.4. The highest BCUT2D eigenvalue weighted by molar-refractivity contribution is 8.04. The number of carbonyl (C=O) groups excluding carboxylic acids is 1. The van der Waals surface area contributed by atoms with Crippen molar-refractivity contribution >= 4 is 41.1 Å². The van der Waals surface area contributed by atoms with Crippen molar-refractivity contribution in [2.24, 2.45) is 0 Å². The Morgan fingerprint density at radius 2 is 1.90 bits per heavy atom. The number of amides is 1. The standard InChI is InChI=1S/C28H31ClN4O6S/c1-16(19-8-6-7-9-20(19)29)37-24-23(26(34)35)40-25(31(24)5)21-12-30-22-11-10-17(15-33(21)22)38-18-13-32(14-18)27(36)39-28(2,3)4/h6-12,15-16,18,25H,13-14H2,1-5H3,(H,34,35)/t16-,25?/m1/s1. The number of benzene rings is 1. The van der Waals surface area contributed by atoms with Gasteiger partial charge in [-0.1, -0.05) is 41.6 Å². The first kappa shape index (κ1) is 28.0. The SMILES string of the molecule is C[C@@H](OC1=C(C(=O)O)SC(c2cnc3ccc(OC4CN(C(=O)OC(C)(C)C)C4)cn23)N1C)c1ccccc1Cl. The number of likely N-dealkylation sites (tertiary alicyclic amines) is 1. The highest BCUT2D eigenvalue weighted by Gasteiger charge is 2.39. The number of hydrogen-bond acceptors (Lipinski definition) is 8. The van der Waals surface area contributed by atoms with Crippen molar-refractivity contribution in [3.63, 3.8) is 0 Å². The maximum Gasteiger partial charge on any atom is 0.410 e. The maximum absolute atomic E-state index is 12.2. The largest absolute Gasteiger partial charge is 0.485 e. The van der Waals surface area contributed by atoms with Crippen LogP contribution in [-0.4, -0.2) is 68.2 Å². The molecule has 1 fully saturated rings. The van der Waals surface area contributed by atoms with Gasteiger partial charge >= 0.3 is 12.1 Å². The second-order valence-electron chi connectivity index (χ2n) is 10.7. The molecule has 10 nitrogen and oxygen atoms in total. The van der Waals surface area contributed by atoms with Crippen LogP contribution in [0.15, 0.2) is 59.6 Å². The fraction of sp³-hybridized carbons (Fsp3) is 0.393. The van der Waals surface area contributed by atoms with Crippen LogP contribution < -0.4 is 4.74 Å². The van der Waals surface area contributed by atoms with Gasteiger partial charge in [-0.2, -0.15) is 0 Å². The minimum absolute atomic E-state index is 0.102. The number of hydrogen-bond donors (Lipinski definition) is 1. The number of carboxylic acids is 1. The summed E-state index contributed by atoms with van der Waals surface area (Å²) in [6.07, 6.45) is 2.57. The molecule has 2 aliphatic rings. The number of pyridine rings is 1. The topological polar surface area (TPSA) is 106 Å². The zero-order chi connectivity index (χ0) is 28.8. The number of carbonyl (C=O) groups is 2. The highest BCUT2D eigenvalue weighted by Crippen LogP contribution is 2.48. The highest BCUT2D eigenvalue weighted by atomic mass is 35.5. The zero-order valence-electron chi connectivity index (χ0n) is 22.8. The summed E-state index contributed by atoms with van der Waals surface area (Å²) in [5.41, 5.74) is 1.67. The molecule has 12 heteroatoms. The number of halogens is 1. The van der Waals surface area contributed by atoms with E-state index in [4.69, 9.17) is 25.8 Å². The van der Waals surface area contributed by atoms with E-state index in [9.17, 15) is 14.7 Å². The molecule has 5 rings (SSSR count). The van der Waals surface area contributed by atoms with Crippen LogP contribution in [0.2, 0.25) is 5.02 Å². The summed E-state index contributed by atoms with van der Waals surface area (Å²) < 4.78 is 19.6. The second kappa shape index (κ2) is 10.8. The predicted octanol–water partition coefficient (Wildman–Crippen LogP) is 5.69. The smallest absolute Gasteiger partial charge is 0.410 e. The van der Waals surface area contributed by atoms with Gasteiger partial charge < -0.3 is 29.1 Å². The average molecular weight is 587 g/mol. The van der Waals surface area contributed by atoms with Crippen LogP contribution in [-0.2, 0) is 14.3 Å². The number of thioether (sulfide) groups is 1. The van der Waals surface area contributed by atoms with E-state index in [1.807, 2.05) is 68.6 Å². The molecular formula is C28H31ClN4O6S. The first-order valence-electron chi connectivity index (χ1n) is 12.8. The Labute approximate surface area is 241 Å². The Morgan fingerprint density at radius 3 is 2.58 bits per heavy atom. The lowest BCUT2D eigenvalue weighted by molar-refractivity contribution is -0.132. The summed E-state index contributed by atoms with van der Waals surface area (Å²) in [5.74, 6) is -0.200. The van der Waals surface area contributed by atoms with Gasteiger partial charge in [-0.3, -0.25) is 4.40 Å². The van der Waals surface area contributed by atoms with E-state index >= 15 is 0 Å². The van der Waals surface area contributed by atoms with Gasteiger partial charge in [0.2, 0.25) is 5.88 Å². The van der Waals surface area contributed by atoms with E-state index < -0.39 is 23.0 Å². The van der Waals surface area contributed by atoms with Crippen molar-refractivity contribution in [3.05, 3.63) is 75.9 Å². The zero-order valence-corrected chi connectivity index (χ0v) is 24.4. The third-order valence-electron chi connectivity index (χ3n) is 6.48. The number of fused-ring (bicyclic) bond motifs is 1. The molecule has 1 aromatic carbocycles. The summed E-state index contributed by atoms with van der Waals surface area (Å²) in [6.45, 7) is 8.20. The van der Waals surface area contributed by atoms with Crippen LogP contribution in [0.3, 0.4) is 0 Å². The predicted molar refractivity (Wildman–Crippen MR) is 151 cm³/mol. The molecule has 1 amide bonds. The molecule has 1 unspecified atom stereocenters. The van der Waals surface area contributed by atoms with Gasteiger partial charge in [-0.25, -0.2) is 14.6 Å². The molecule has 4 heterocycles. The number of ether oxygens (including phenoxy) is 3. The fourth-order valence-corrected chi connectivity index (χ4v) is 5.95. The summed E-state index contributed by atoms with van der Waals surface area (Å²) >= 11 is 7.53. The van der Waals surface area contributed by atoms with E-state index in [1.54, 1.807) is 29.1 Å². The van der Waals surface area contributed by atoms with E-state index in [0.29, 0.717) is 29.5 Å². The van der Waals surface area contributed by atoms with Crippen LogP contribution in [0.1, 0.15) is 50.4 Å². The van der Waals surface area contributed by atoms with Crippen LogP contribution in [0.25, 0.3) is 5.65 Å². The first-order chi connectivity index (χ1) is 18.9. The molecule has 2 aliphatic heterocycles. The molecular weight excluding hydrogens is 556 g/mol. The number of nitrogens with zero attached hydrogens (tertiary/aromatic N) is 4. The molecule has 212 valence electrons. The van der Waals surface area contributed by atoms with Crippen molar-refractivity contribution in [3.8, 4) is 5.75 Å². The lowest BCUT2D eigenvalue weighted by atomic mass is 10.1. The van der Waals surface area contributed by atoms with Crippen molar-refractivity contribution < 1.29 is 28.9 Å². The Balaban J connectivity index is 1.31. The van der Waals surface area contributed by atoms with Gasteiger partial charge in [-0.05, 0) is 45.9 Å². The van der Waals surface area contributed by atoms with E-state index in [1.165, 1.54) is 11.8 Å². The monoisotopic (exact) mass is 586 g/mol. The van der Waals surface area contributed by atoms with Gasteiger partial charge in [0.25, 0.3) is 0 Å². The quantitative estimate of drug-likeness (QED) is 0.373. The molecule has 40 heavy (non-hydrogen) atoms. The molecule has 0 saturated carbocycles. The Morgan fingerprint density at radius 1 is 1.18 bits per heavy atom. The van der Waals surface area contributed by atoms with Crippen molar-refractivity contribution in [1.29, 1.82) is 0 Å². The summed E-state index contributed by atoms with van der Waals surface area (Å²) in [5, 5.41) is 10.1. The van der Waals surface area contributed by atoms with Crippen LogP contribution in [0.4, 0.5) is 4.79 Å². The van der Waals surface area contributed by atoms with E-state index in [-0.39, 0.29) is 23.0 Å². The van der Waals surface area contributed by atoms with E-state index in [2.05, 4.69) is 4.98 Å². The number of carboxylic acid groups (broad SMARTS) is 1. The Kier molecular flexibility index (Phi) is 7.54. The normalized spacial score (nSPS) is 18.6. The van der Waals surface area contributed by atoms with Gasteiger partial charge in [0.1, 0.15) is 34.6 Å². The molecule has 0 radical (unpaired) electrons. The van der Waals surface area contributed by atoms with Crippen LogP contribution in [0.5, 0.6) is 5.75 Å². The molecule has 1 N–H and O–H groups in total. The minimum Gasteiger partial charge on any atom is -0.485 e. The molecule has 1 saturated heterocycles. The van der Waals surface area contributed by atoms with Crippen molar-refractivity contribution in [2.45, 2.75) is 50.9 Å². The van der Waals surface area contributed by atoms with Gasteiger partial charge in [0.05, 0.1) is 31.2 Å². The first-order valence-corrected chi connectivity index (χ1v) is 14.1. The molecule has 3 aromatic rings. The number of aliphatic carboxylic acids is 1. The van der Waals surface area contributed by atoms with Crippen molar-refractivity contribution in [1.82, 2.24) is 19.2 Å². The number of rotatable bonds is 7. The van der Waals surface area contributed by atoms with Crippen molar-refractivity contribution in [2.75, 3.05) is 20.1 Å². The van der Waals surface area contributed by atoms with Gasteiger partial charge in [-0.15, -0.1) is 0 Å². The third-order valence-corrected chi connectivity index (χ3v) is 8.19. The molecule has 0 bridgehead atoms. The molecule has 0 aliphatic carbocycles. The maximum atomic E-state index is 12.2. The van der Waals surface area contributed by atoms with Crippen LogP contribution >= 0.6 is 23.4 Å². The third kappa shape index (κ3) is 5.66. The van der Waals surface area contributed by atoms with Gasteiger partial charge in [0, 0.05) is 17.6 Å². The summed E-state index contributed by atoms with van der Waals surface area (Å²) in [6, 6.07) is 11.0. The number of imidazole rings is 1. The lowest BCUT2D eigenvalue weighted by Gasteiger charge is -2.39. The van der Waals surface area contributed by atoms with Crippen LogP contribution in [0, 0.1) is 0 Å². The second-order valence-corrected chi connectivity index (χ2v) is 12.2. The fourth-order valence-electron chi connectivity index (χ4n) is 4.49. The van der Waals surface area contributed by atoms with E-state index in [0.717, 1.165) is 11.3 Å². The summed E-state index contributed by atoms with van der Waals surface area (Å²) in [7, 11) is 1.79. The molecule has 0 spiro atoms. The van der Waals surface area contributed by atoms with Gasteiger partial charge in [0.15, 0.2) is 4.91 Å². The molecule has 2 aromatic heterocycles. The average Bonchev–Trinajstić information content (AvgIpc) is 3.40. The lowest BCUT2D eigenvalue weighted by Crippen LogP contribution is -2.57. The molecule has 2 atom stereocenters.